The summed E-state index contributed by atoms with van der Waals surface area (Å²) in [4.78, 5) is 7.04. The first-order valence-corrected chi connectivity index (χ1v) is 8.59. The highest BCUT2D eigenvalue weighted by molar-refractivity contribution is 7.09. The molecule has 5 nitrogen and oxygen atoms in total. The molecule has 2 aromatic heterocycles. The molecular weight excluding hydrogens is 298 g/mol. The fourth-order valence-corrected chi connectivity index (χ4v) is 3.72. The van der Waals surface area contributed by atoms with Crippen LogP contribution in [-0.4, -0.2) is 29.6 Å². The summed E-state index contributed by atoms with van der Waals surface area (Å²) < 4.78 is 15.5. The fraction of sp³-hybridized carbons (Fsp3) is 0.625. The molecule has 22 heavy (non-hydrogen) atoms. The number of anilines is 1. The summed E-state index contributed by atoms with van der Waals surface area (Å²) in [5, 5.41) is 0.997. The van der Waals surface area contributed by atoms with Gasteiger partial charge in [0, 0.05) is 31.6 Å². The van der Waals surface area contributed by atoms with Crippen molar-refractivity contribution < 1.29 is 9.15 Å². The minimum Gasteiger partial charge on any atom is -0.464 e. The van der Waals surface area contributed by atoms with E-state index >= 15 is 0 Å². The van der Waals surface area contributed by atoms with Gasteiger partial charge < -0.3 is 14.1 Å². The Balaban J connectivity index is 1.81. The monoisotopic (exact) mass is 321 g/mol. The van der Waals surface area contributed by atoms with Crippen LogP contribution in [0.5, 0.6) is 0 Å². The Morgan fingerprint density at radius 3 is 3.05 bits per heavy atom. The normalized spacial score (nSPS) is 22.2. The van der Waals surface area contributed by atoms with E-state index in [0.29, 0.717) is 12.5 Å². The average Bonchev–Trinajstić information content (AvgIpc) is 3.14. The van der Waals surface area contributed by atoms with Crippen molar-refractivity contribution in [1.29, 1.82) is 0 Å². The summed E-state index contributed by atoms with van der Waals surface area (Å²) in [5.74, 6) is 3.58. The number of methoxy groups -OCH3 is 1. The molecule has 0 N–H and O–H groups in total. The summed E-state index contributed by atoms with van der Waals surface area (Å²) in [6.07, 6.45) is 3.05. The zero-order chi connectivity index (χ0) is 15.5. The number of furan rings is 1. The highest BCUT2D eigenvalue weighted by atomic mass is 32.1. The number of hydrogen-bond donors (Lipinski definition) is 0. The van der Waals surface area contributed by atoms with E-state index in [1.54, 1.807) is 7.11 Å². The summed E-state index contributed by atoms with van der Waals surface area (Å²) >= 11 is 1.48. The quantitative estimate of drug-likeness (QED) is 0.842. The van der Waals surface area contributed by atoms with Gasteiger partial charge in [-0.15, -0.1) is 0 Å². The minimum atomic E-state index is 0.265. The molecule has 120 valence electrons. The maximum atomic E-state index is 5.89. The van der Waals surface area contributed by atoms with Crippen LogP contribution < -0.4 is 4.90 Å². The lowest BCUT2D eigenvalue weighted by Crippen LogP contribution is -2.36. The maximum absolute atomic E-state index is 5.89. The Morgan fingerprint density at radius 2 is 2.32 bits per heavy atom. The third-order valence-electron chi connectivity index (χ3n) is 4.19. The van der Waals surface area contributed by atoms with Crippen molar-refractivity contribution >= 4 is 16.7 Å². The van der Waals surface area contributed by atoms with Gasteiger partial charge in [-0.2, -0.15) is 4.37 Å². The van der Waals surface area contributed by atoms with Crippen molar-refractivity contribution in [1.82, 2.24) is 9.36 Å². The van der Waals surface area contributed by atoms with E-state index in [2.05, 4.69) is 22.3 Å². The number of piperidine rings is 1. The molecule has 0 aromatic carbocycles. The molecule has 0 spiro atoms. The zero-order valence-corrected chi connectivity index (χ0v) is 14.2. The Labute approximate surface area is 135 Å². The molecule has 1 saturated heterocycles. The summed E-state index contributed by atoms with van der Waals surface area (Å²) in [5.41, 5.74) is 0. The Hall–Kier alpha value is -1.40. The molecule has 3 heterocycles. The van der Waals surface area contributed by atoms with Crippen molar-refractivity contribution in [3.8, 4) is 0 Å². The molecule has 1 aliphatic heterocycles. The van der Waals surface area contributed by atoms with Crippen molar-refractivity contribution in [3.05, 3.63) is 29.5 Å². The molecular formula is C16H23N3O2S. The van der Waals surface area contributed by atoms with Gasteiger partial charge in [0.05, 0.1) is 12.6 Å². The van der Waals surface area contributed by atoms with Gasteiger partial charge >= 0.3 is 0 Å². The van der Waals surface area contributed by atoms with E-state index in [1.165, 1.54) is 18.0 Å². The molecule has 1 fully saturated rings. The van der Waals surface area contributed by atoms with E-state index in [-0.39, 0.29) is 6.04 Å². The minimum absolute atomic E-state index is 0.265. The second kappa shape index (κ2) is 6.79. The third-order valence-corrected chi connectivity index (χ3v) is 4.98. The Bertz CT molecular complexity index is 610. The van der Waals surface area contributed by atoms with Gasteiger partial charge in [-0.05, 0) is 37.8 Å². The molecule has 0 amide bonds. The lowest BCUT2D eigenvalue weighted by molar-refractivity contribution is 0.201. The van der Waals surface area contributed by atoms with Crippen LogP contribution in [0.25, 0.3) is 0 Å². The Morgan fingerprint density at radius 1 is 1.45 bits per heavy atom. The van der Waals surface area contributed by atoms with E-state index in [4.69, 9.17) is 14.1 Å². The van der Waals surface area contributed by atoms with Crippen LogP contribution in [0.3, 0.4) is 0 Å². The molecule has 2 atom stereocenters. The SMILES string of the molecule is COCCc1nsc(N2CCC(C)CC2c2ccc(C)o2)n1. The number of rotatable bonds is 5. The largest absolute Gasteiger partial charge is 0.464 e. The van der Waals surface area contributed by atoms with Gasteiger partial charge in [0.1, 0.15) is 17.3 Å². The summed E-state index contributed by atoms with van der Waals surface area (Å²) in [6.45, 7) is 5.97. The van der Waals surface area contributed by atoms with E-state index in [0.717, 1.165) is 41.9 Å². The number of hydrogen-bond acceptors (Lipinski definition) is 6. The first kappa shape index (κ1) is 15.5. The van der Waals surface area contributed by atoms with Gasteiger partial charge in [-0.1, -0.05) is 6.92 Å². The number of aromatic nitrogens is 2. The van der Waals surface area contributed by atoms with E-state index in [1.807, 2.05) is 13.0 Å². The van der Waals surface area contributed by atoms with Crippen LogP contribution in [0, 0.1) is 12.8 Å². The summed E-state index contributed by atoms with van der Waals surface area (Å²) in [6, 6.07) is 4.40. The van der Waals surface area contributed by atoms with Crippen LogP contribution in [0.2, 0.25) is 0 Å². The maximum Gasteiger partial charge on any atom is 0.205 e. The number of ether oxygens (including phenoxy) is 1. The molecule has 6 heteroatoms. The molecule has 1 aliphatic rings. The lowest BCUT2D eigenvalue weighted by atomic mass is 9.91. The van der Waals surface area contributed by atoms with Crippen molar-refractivity contribution in [2.75, 3.05) is 25.2 Å². The lowest BCUT2D eigenvalue weighted by Gasteiger charge is -2.37. The molecule has 2 unspecified atom stereocenters. The number of nitrogens with zero attached hydrogens (tertiary/aromatic N) is 3. The standard InChI is InChI=1S/C16H23N3O2S/c1-11-6-8-19(13(10-11)14-5-4-12(2)21-14)16-17-15(18-22-16)7-9-20-3/h4-5,11,13H,6-10H2,1-3H3. The first-order chi connectivity index (χ1) is 10.7. The van der Waals surface area contributed by atoms with E-state index in [9.17, 15) is 0 Å². The van der Waals surface area contributed by atoms with Crippen molar-refractivity contribution in [2.45, 2.75) is 39.2 Å². The second-order valence-electron chi connectivity index (χ2n) is 6.02. The fourth-order valence-electron chi connectivity index (χ4n) is 2.93. The van der Waals surface area contributed by atoms with Gasteiger partial charge in [0.25, 0.3) is 0 Å². The highest BCUT2D eigenvalue weighted by Crippen LogP contribution is 2.38. The third kappa shape index (κ3) is 3.33. The molecule has 0 bridgehead atoms. The van der Waals surface area contributed by atoms with Gasteiger partial charge in [0.15, 0.2) is 0 Å². The number of aryl methyl sites for hydroxylation is 1. The second-order valence-corrected chi connectivity index (χ2v) is 6.75. The van der Waals surface area contributed by atoms with Crippen LogP contribution in [-0.2, 0) is 11.2 Å². The van der Waals surface area contributed by atoms with Gasteiger partial charge in [0.2, 0.25) is 5.13 Å². The zero-order valence-electron chi connectivity index (χ0n) is 13.4. The van der Waals surface area contributed by atoms with Gasteiger partial charge in [-0.3, -0.25) is 0 Å². The first-order valence-electron chi connectivity index (χ1n) is 7.82. The van der Waals surface area contributed by atoms with Gasteiger partial charge in [-0.25, -0.2) is 4.98 Å². The Kier molecular flexibility index (Phi) is 4.78. The molecule has 0 saturated carbocycles. The van der Waals surface area contributed by atoms with Crippen LogP contribution >= 0.6 is 11.5 Å². The van der Waals surface area contributed by atoms with Crippen molar-refractivity contribution in [2.24, 2.45) is 5.92 Å². The van der Waals surface area contributed by atoms with Crippen LogP contribution in [0.4, 0.5) is 5.13 Å². The highest BCUT2D eigenvalue weighted by Gasteiger charge is 2.31. The topological polar surface area (TPSA) is 51.4 Å². The molecule has 0 aliphatic carbocycles. The summed E-state index contributed by atoms with van der Waals surface area (Å²) in [7, 11) is 1.70. The van der Waals surface area contributed by atoms with Crippen LogP contribution in [0.1, 0.15) is 43.2 Å². The predicted octanol–water partition coefficient (Wildman–Crippen LogP) is 3.61. The smallest absolute Gasteiger partial charge is 0.205 e. The van der Waals surface area contributed by atoms with Crippen molar-refractivity contribution in [3.63, 3.8) is 0 Å². The molecule has 2 aromatic rings. The van der Waals surface area contributed by atoms with Crippen LogP contribution in [0.15, 0.2) is 16.5 Å². The van der Waals surface area contributed by atoms with E-state index < -0.39 is 0 Å². The average molecular weight is 321 g/mol. The predicted molar refractivity (Wildman–Crippen MR) is 87.4 cm³/mol. The molecule has 3 rings (SSSR count). The molecule has 0 radical (unpaired) electrons.